The normalized spacial score (nSPS) is 24.1. The molecule has 3 unspecified atom stereocenters. The number of hydrogen-bond donors (Lipinski definition) is 1. The Morgan fingerprint density at radius 2 is 2.06 bits per heavy atom. The van der Waals surface area contributed by atoms with Gasteiger partial charge in [-0.3, -0.25) is 4.90 Å². The molecular weight excluding hydrogens is 220 g/mol. The van der Waals surface area contributed by atoms with Crippen molar-refractivity contribution in [1.82, 2.24) is 4.90 Å². The summed E-state index contributed by atoms with van der Waals surface area (Å²) in [6.45, 7) is 7.00. The molecule has 0 aromatic heterocycles. The molecule has 1 heterocycles. The van der Waals surface area contributed by atoms with E-state index in [9.17, 15) is 0 Å². The maximum absolute atomic E-state index is 6.40. The first-order valence-corrected chi connectivity index (χ1v) is 7.27. The monoisotopic (exact) mass is 246 g/mol. The Balaban J connectivity index is 1.94. The van der Waals surface area contributed by atoms with E-state index in [4.69, 9.17) is 5.73 Å². The molecule has 2 heteroatoms. The number of nitrogens with zero attached hydrogens (tertiary/aromatic N) is 1. The van der Waals surface area contributed by atoms with Crippen LogP contribution in [0.15, 0.2) is 30.3 Å². The number of hydrogen-bond acceptors (Lipinski definition) is 2. The smallest absolute Gasteiger partial charge is 0.0450 e. The first kappa shape index (κ1) is 13.6. The molecule has 0 radical (unpaired) electrons. The van der Waals surface area contributed by atoms with Crippen molar-refractivity contribution >= 4 is 0 Å². The highest BCUT2D eigenvalue weighted by Crippen LogP contribution is 2.26. The molecule has 2 nitrogen and oxygen atoms in total. The van der Waals surface area contributed by atoms with Gasteiger partial charge >= 0.3 is 0 Å². The second-order valence-electron chi connectivity index (χ2n) is 5.62. The molecule has 1 fully saturated rings. The van der Waals surface area contributed by atoms with Gasteiger partial charge in [0.2, 0.25) is 0 Å². The SMILES string of the molecule is CCCC1CCN(C(C)C(N)c2ccccc2)C1. The summed E-state index contributed by atoms with van der Waals surface area (Å²) in [7, 11) is 0. The van der Waals surface area contributed by atoms with Crippen LogP contribution in [0.2, 0.25) is 0 Å². The summed E-state index contributed by atoms with van der Waals surface area (Å²) in [5, 5.41) is 0. The molecule has 1 aliphatic heterocycles. The Bertz CT molecular complexity index is 349. The summed E-state index contributed by atoms with van der Waals surface area (Å²) in [5.41, 5.74) is 7.65. The molecule has 0 saturated carbocycles. The standard InChI is InChI=1S/C16H26N2/c1-3-7-14-10-11-18(12-14)13(2)16(17)15-8-5-4-6-9-15/h4-6,8-9,13-14,16H,3,7,10-12,17H2,1-2H3. The number of nitrogens with two attached hydrogens (primary N) is 1. The quantitative estimate of drug-likeness (QED) is 0.864. The van der Waals surface area contributed by atoms with E-state index in [0.29, 0.717) is 6.04 Å². The molecule has 0 bridgehead atoms. The highest BCUT2D eigenvalue weighted by molar-refractivity contribution is 5.20. The second kappa shape index (κ2) is 6.35. The van der Waals surface area contributed by atoms with Crippen molar-refractivity contribution in [2.24, 2.45) is 11.7 Å². The Morgan fingerprint density at radius 3 is 2.72 bits per heavy atom. The number of rotatable bonds is 5. The zero-order valence-corrected chi connectivity index (χ0v) is 11.7. The average molecular weight is 246 g/mol. The van der Waals surface area contributed by atoms with Crippen molar-refractivity contribution < 1.29 is 0 Å². The minimum Gasteiger partial charge on any atom is -0.323 e. The van der Waals surface area contributed by atoms with Gasteiger partial charge in [0, 0.05) is 18.6 Å². The van der Waals surface area contributed by atoms with Crippen molar-refractivity contribution in [1.29, 1.82) is 0 Å². The Kier molecular flexibility index (Phi) is 4.79. The van der Waals surface area contributed by atoms with Gasteiger partial charge in [-0.25, -0.2) is 0 Å². The van der Waals surface area contributed by atoms with E-state index in [2.05, 4.69) is 43.0 Å². The van der Waals surface area contributed by atoms with Crippen LogP contribution in [0, 0.1) is 5.92 Å². The van der Waals surface area contributed by atoms with E-state index in [1.54, 1.807) is 0 Å². The summed E-state index contributed by atoms with van der Waals surface area (Å²) in [6.07, 6.45) is 4.01. The van der Waals surface area contributed by atoms with Gasteiger partial charge in [-0.15, -0.1) is 0 Å². The van der Waals surface area contributed by atoms with Gasteiger partial charge < -0.3 is 5.73 Å². The predicted molar refractivity (Wildman–Crippen MR) is 77.4 cm³/mol. The predicted octanol–water partition coefficient (Wildman–Crippen LogP) is 3.20. The molecular formula is C16H26N2. The first-order valence-electron chi connectivity index (χ1n) is 7.27. The molecule has 0 aliphatic carbocycles. The fraction of sp³-hybridized carbons (Fsp3) is 0.625. The molecule has 0 amide bonds. The van der Waals surface area contributed by atoms with Gasteiger partial charge in [0.25, 0.3) is 0 Å². The zero-order valence-electron chi connectivity index (χ0n) is 11.7. The molecule has 0 spiro atoms. The van der Waals surface area contributed by atoms with Crippen LogP contribution in [0.25, 0.3) is 0 Å². The topological polar surface area (TPSA) is 29.3 Å². The van der Waals surface area contributed by atoms with Crippen LogP contribution in [0.4, 0.5) is 0 Å². The summed E-state index contributed by atoms with van der Waals surface area (Å²) in [6, 6.07) is 11.0. The van der Waals surface area contributed by atoms with E-state index in [0.717, 1.165) is 5.92 Å². The van der Waals surface area contributed by atoms with Crippen molar-refractivity contribution in [2.75, 3.05) is 13.1 Å². The largest absolute Gasteiger partial charge is 0.323 e. The van der Waals surface area contributed by atoms with Crippen LogP contribution in [-0.2, 0) is 0 Å². The molecule has 1 aromatic carbocycles. The molecule has 18 heavy (non-hydrogen) atoms. The Labute approximate surface area is 111 Å². The van der Waals surface area contributed by atoms with Gasteiger partial charge in [0.15, 0.2) is 0 Å². The van der Waals surface area contributed by atoms with Gasteiger partial charge in [0.05, 0.1) is 0 Å². The van der Waals surface area contributed by atoms with Crippen LogP contribution in [-0.4, -0.2) is 24.0 Å². The molecule has 1 saturated heterocycles. The highest BCUT2D eigenvalue weighted by atomic mass is 15.2. The van der Waals surface area contributed by atoms with Gasteiger partial charge in [-0.2, -0.15) is 0 Å². The van der Waals surface area contributed by atoms with Crippen LogP contribution in [0.3, 0.4) is 0 Å². The summed E-state index contributed by atoms with van der Waals surface area (Å²) in [5.74, 6) is 0.889. The van der Waals surface area contributed by atoms with Crippen LogP contribution in [0.1, 0.15) is 44.7 Å². The lowest BCUT2D eigenvalue weighted by molar-refractivity contribution is 0.218. The lowest BCUT2D eigenvalue weighted by atomic mass is 10.00. The van der Waals surface area contributed by atoms with Gasteiger partial charge in [0.1, 0.15) is 0 Å². The van der Waals surface area contributed by atoms with E-state index in [1.165, 1.54) is 37.9 Å². The highest BCUT2D eigenvalue weighted by Gasteiger charge is 2.28. The summed E-state index contributed by atoms with van der Waals surface area (Å²) < 4.78 is 0. The minimum atomic E-state index is 0.131. The van der Waals surface area contributed by atoms with E-state index in [1.807, 2.05) is 6.07 Å². The third-order valence-electron chi connectivity index (χ3n) is 4.29. The third-order valence-corrected chi connectivity index (χ3v) is 4.29. The summed E-state index contributed by atoms with van der Waals surface area (Å²) in [4.78, 5) is 2.57. The molecule has 1 aromatic rings. The maximum Gasteiger partial charge on any atom is 0.0450 e. The van der Waals surface area contributed by atoms with Crippen LogP contribution in [0.5, 0.6) is 0 Å². The van der Waals surface area contributed by atoms with Gasteiger partial charge in [-0.1, -0.05) is 43.7 Å². The lowest BCUT2D eigenvalue weighted by Gasteiger charge is -2.30. The lowest BCUT2D eigenvalue weighted by Crippen LogP contribution is -2.39. The second-order valence-corrected chi connectivity index (χ2v) is 5.62. The van der Waals surface area contributed by atoms with Crippen molar-refractivity contribution in [3.63, 3.8) is 0 Å². The van der Waals surface area contributed by atoms with E-state index in [-0.39, 0.29) is 6.04 Å². The fourth-order valence-corrected chi connectivity index (χ4v) is 3.06. The number of likely N-dealkylation sites (tertiary alicyclic amines) is 1. The first-order chi connectivity index (χ1) is 8.72. The van der Waals surface area contributed by atoms with Crippen molar-refractivity contribution in [3.8, 4) is 0 Å². The molecule has 2 N–H and O–H groups in total. The molecule has 1 aliphatic rings. The summed E-state index contributed by atoms with van der Waals surface area (Å²) >= 11 is 0. The van der Waals surface area contributed by atoms with Crippen molar-refractivity contribution in [3.05, 3.63) is 35.9 Å². The van der Waals surface area contributed by atoms with E-state index >= 15 is 0 Å². The third kappa shape index (κ3) is 3.12. The fourth-order valence-electron chi connectivity index (χ4n) is 3.06. The Hall–Kier alpha value is -0.860. The van der Waals surface area contributed by atoms with Crippen LogP contribution < -0.4 is 5.73 Å². The average Bonchev–Trinajstić information content (AvgIpc) is 2.87. The maximum atomic E-state index is 6.40. The Morgan fingerprint density at radius 1 is 1.33 bits per heavy atom. The number of benzene rings is 1. The molecule has 100 valence electrons. The zero-order chi connectivity index (χ0) is 13.0. The molecule has 3 atom stereocenters. The van der Waals surface area contributed by atoms with Crippen molar-refractivity contribution in [2.45, 2.75) is 45.2 Å². The van der Waals surface area contributed by atoms with E-state index < -0.39 is 0 Å². The minimum absolute atomic E-state index is 0.131. The van der Waals surface area contributed by atoms with Crippen LogP contribution >= 0.6 is 0 Å². The van der Waals surface area contributed by atoms with Gasteiger partial charge in [-0.05, 0) is 37.8 Å². The molecule has 2 rings (SSSR count).